The van der Waals surface area contributed by atoms with Gasteiger partial charge in [0.25, 0.3) is 0 Å². The van der Waals surface area contributed by atoms with E-state index < -0.39 is 6.04 Å². The SMILES string of the molecule is CCC(Nc1cc(OC)nc(N)n1)C(=O)OC. The minimum absolute atomic E-state index is 0.0755. The van der Waals surface area contributed by atoms with Crippen molar-refractivity contribution >= 4 is 17.7 Å². The number of rotatable bonds is 5. The number of carbonyl (C=O) groups is 1. The topological polar surface area (TPSA) is 99.4 Å². The van der Waals surface area contributed by atoms with E-state index >= 15 is 0 Å². The zero-order valence-electron chi connectivity index (χ0n) is 10.1. The van der Waals surface area contributed by atoms with E-state index in [1.165, 1.54) is 14.2 Å². The van der Waals surface area contributed by atoms with Crippen LogP contribution >= 0.6 is 0 Å². The molecule has 0 saturated carbocycles. The van der Waals surface area contributed by atoms with Crippen LogP contribution in [0.4, 0.5) is 11.8 Å². The maximum atomic E-state index is 11.4. The molecule has 0 aliphatic rings. The summed E-state index contributed by atoms with van der Waals surface area (Å²) in [5.74, 6) is 0.474. The zero-order valence-corrected chi connectivity index (χ0v) is 10.1. The fourth-order valence-corrected chi connectivity index (χ4v) is 1.27. The Morgan fingerprint density at radius 1 is 1.53 bits per heavy atom. The Morgan fingerprint density at radius 3 is 2.76 bits per heavy atom. The molecule has 1 aromatic heterocycles. The molecule has 0 spiro atoms. The van der Waals surface area contributed by atoms with Gasteiger partial charge in [0.15, 0.2) is 0 Å². The van der Waals surface area contributed by atoms with Gasteiger partial charge in [-0.05, 0) is 6.42 Å². The summed E-state index contributed by atoms with van der Waals surface area (Å²) in [6.45, 7) is 1.86. The molecule has 17 heavy (non-hydrogen) atoms. The summed E-state index contributed by atoms with van der Waals surface area (Å²) in [4.78, 5) is 19.2. The number of anilines is 2. The minimum Gasteiger partial charge on any atom is -0.481 e. The van der Waals surface area contributed by atoms with E-state index in [2.05, 4.69) is 20.0 Å². The molecule has 1 rings (SSSR count). The van der Waals surface area contributed by atoms with E-state index in [0.717, 1.165) is 0 Å². The van der Waals surface area contributed by atoms with Crippen LogP contribution in [0.1, 0.15) is 13.3 Å². The standard InChI is InChI=1S/C10H16N4O3/c1-4-6(9(15)17-3)12-7-5-8(16-2)14-10(11)13-7/h5-6H,4H2,1-3H3,(H3,11,12,13,14). The smallest absolute Gasteiger partial charge is 0.328 e. The average Bonchev–Trinajstić information content (AvgIpc) is 2.34. The lowest BCUT2D eigenvalue weighted by atomic mass is 10.2. The lowest BCUT2D eigenvalue weighted by molar-refractivity contribution is -0.141. The predicted molar refractivity (Wildman–Crippen MR) is 62.7 cm³/mol. The van der Waals surface area contributed by atoms with Crippen LogP contribution in [-0.2, 0) is 9.53 Å². The molecule has 7 heteroatoms. The lowest BCUT2D eigenvalue weighted by Gasteiger charge is -2.15. The van der Waals surface area contributed by atoms with Gasteiger partial charge in [0.2, 0.25) is 11.8 Å². The van der Waals surface area contributed by atoms with Gasteiger partial charge in [0.1, 0.15) is 11.9 Å². The van der Waals surface area contributed by atoms with Crippen LogP contribution < -0.4 is 15.8 Å². The molecule has 1 atom stereocenters. The first kappa shape index (κ1) is 13.0. The number of hydrogen-bond donors (Lipinski definition) is 2. The van der Waals surface area contributed by atoms with Crippen LogP contribution in [0.15, 0.2) is 6.07 Å². The molecule has 0 fully saturated rings. The summed E-state index contributed by atoms with van der Waals surface area (Å²) >= 11 is 0. The quantitative estimate of drug-likeness (QED) is 0.720. The lowest BCUT2D eigenvalue weighted by Crippen LogP contribution is -2.30. The number of carbonyl (C=O) groups excluding carboxylic acids is 1. The van der Waals surface area contributed by atoms with Gasteiger partial charge in [-0.2, -0.15) is 9.97 Å². The normalized spacial score (nSPS) is 11.7. The van der Waals surface area contributed by atoms with E-state index in [9.17, 15) is 4.79 Å². The number of nitrogen functional groups attached to an aromatic ring is 1. The number of hydrogen-bond acceptors (Lipinski definition) is 7. The molecule has 0 bridgehead atoms. The maximum Gasteiger partial charge on any atom is 0.328 e. The molecule has 0 amide bonds. The van der Waals surface area contributed by atoms with E-state index in [4.69, 9.17) is 10.5 Å². The molecule has 1 unspecified atom stereocenters. The second-order valence-electron chi connectivity index (χ2n) is 3.28. The van der Waals surface area contributed by atoms with Crippen LogP contribution in [0.2, 0.25) is 0 Å². The molecule has 0 aromatic carbocycles. The fraction of sp³-hybridized carbons (Fsp3) is 0.500. The van der Waals surface area contributed by atoms with Crippen LogP contribution in [0.5, 0.6) is 5.88 Å². The van der Waals surface area contributed by atoms with E-state index in [1.54, 1.807) is 6.07 Å². The third-order valence-corrected chi connectivity index (χ3v) is 2.15. The molecule has 0 aliphatic carbocycles. The van der Waals surface area contributed by atoms with Gasteiger partial charge >= 0.3 is 5.97 Å². The molecular formula is C10H16N4O3. The Hall–Kier alpha value is -2.05. The summed E-state index contributed by atoms with van der Waals surface area (Å²) in [5.41, 5.74) is 5.50. The Labute approximate surface area is 99.3 Å². The number of nitrogens with zero attached hydrogens (tertiary/aromatic N) is 2. The summed E-state index contributed by atoms with van der Waals surface area (Å²) in [6.07, 6.45) is 0.568. The van der Waals surface area contributed by atoms with Crippen molar-refractivity contribution in [1.82, 2.24) is 9.97 Å². The monoisotopic (exact) mass is 240 g/mol. The second-order valence-corrected chi connectivity index (χ2v) is 3.28. The number of nitrogens with two attached hydrogens (primary N) is 1. The molecule has 3 N–H and O–H groups in total. The van der Waals surface area contributed by atoms with Crippen LogP contribution in [0.25, 0.3) is 0 Å². The van der Waals surface area contributed by atoms with Gasteiger partial charge in [-0.25, -0.2) is 4.79 Å². The van der Waals surface area contributed by atoms with Gasteiger partial charge in [-0.3, -0.25) is 0 Å². The predicted octanol–water partition coefficient (Wildman–Crippen LogP) is 0.431. The van der Waals surface area contributed by atoms with E-state index in [1.807, 2.05) is 6.92 Å². The van der Waals surface area contributed by atoms with Gasteiger partial charge in [-0.1, -0.05) is 6.92 Å². The van der Waals surface area contributed by atoms with Crippen LogP contribution in [-0.4, -0.2) is 36.2 Å². The highest BCUT2D eigenvalue weighted by Crippen LogP contribution is 2.15. The molecule has 7 nitrogen and oxygen atoms in total. The zero-order chi connectivity index (χ0) is 12.8. The Bertz CT molecular complexity index is 397. The molecular weight excluding hydrogens is 224 g/mol. The largest absolute Gasteiger partial charge is 0.481 e. The molecule has 1 aromatic rings. The third-order valence-electron chi connectivity index (χ3n) is 2.15. The Kier molecular flexibility index (Phi) is 4.50. The average molecular weight is 240 g/mol. The molecule has 1 heterocycles. The first-order valence-corrected chi connectivity index (χ1v) is 5.13. The number of aromatic nitrogens is 2. The van der Waals surface area contributed by atoms with E-state index in [0.29, 0.717) is 18.1 Å². The van der Waals surface area contributed by atoms with Crippen molar-refractivity contribution in [3.63, 3.8) is 0 Å². The van der Waals surface area contributed by atoms with Crippen LogP contribution in [0.3, 0.4) is 0 Å². The Balaban J connectivity index is 2.85. The summed E-state index contributed by atoms with van der Waals surface area (Å²) in [6, 6.07) is 1.08. The molecule has 94 valence electrons. The highest BCUT2D eigenvalue weighted by molar-refractivity contribution is 5.78. The fourth-order valence-electron chi connectivity index (χ4n) is 1.27. The number of ether oxygens (including phenoxy) is 2. The highest BCUT2D eigenvalue weighted by Gasteiger charge is 2.17. The summed E-state index contributed by atoms with van der Waals surface area (Å²) in [7, 11) is 2.81. The van der Waals surface area contributed by atoms with Crippen molar-refractivity contribution in [3.8, 4) is 5.88 Å². The third kappa shape index (κ3) is 3.47. The van der Waals surface area contributed by atoms with Crippen molar-refractivity contribution in [2.75, 3.05) is 25.3 Å². The Morgan fingerprint density at radius 2 is 2.24 bits per heavy atom. The van der Waals surface area contributed by atoms with Crippen molar-refractivity contribution in [1.29, 1.82) is 0 Å². The first-order chi connectivity index (χ1) is 8.10. The molecule has 0 saturated heterocycles. The summed E-state index contributed by atoms with van der Waals surface area (Å²) < 4.78 is 9.61. The number of methoxy groups -OCH3 is 2. The van der Waals surface area contributed by atoms with Gasteiger partial charge in [0, 0.05) is 6.07 Å². The second kappa shape index (κ2) is 5.88. The maximum absolute atomic E-state index is 11.4. The van der Waals surface area contributed by atoms with Crippen molar-refractivity contribution in [3.05, 3.63) is 6.07 Å². The minimum atomic E-state index is -0.473. The van der Waals surface area contributed by atoms with Gasteiger partial charge < -0.3 is 20.5 Å². The van der Waals surface area contributed by atoms with Gasteiger partial charge in [0.05, 0.1) is 14.2 Å². The number of esters is 1. The van der Waals surface area contributed by atoms with Crippen molar-refractivity contribution < 1.29 is 14.3 Å². The van der Waals surface area contributed by atoms with Crippen molar-refractivity contribution in [2.45, 2.75) is 19.4 Å². The van der Waals surface area contributed by atoms with Crippen molar-refractivity contribution in [2.24, 2.45) is 0 Å². The number of nitrogens with one attached hydrogen (secondary N) is 1. The first-order valence-electron chi connectivity index (χ1n) is 5.13. The van der Waals surface area contributed by atoms with Gasteiger partial charge in [-0.15, -0.1) is 0 Å². The molecule has 0 radical (unpaired) electrons. The van der Waals surface area contributed by atoms with E-state index in [-0.39, 0.29) is 11.9 Å². The summed E-state index contributed by atoms with van der Waals surface area (Å²) in [5, 5.41) is 2.91. The molecule has 0 aliphatic heterocycles. The highest BCUT2D eigenvalue weighted by atomic mass is 16.5. The van der Waals surface area contributed by atoms with Crippen LogP contribution in [0, 0.1) is 0 Å².